The average molecular weight is 413 g/mol. The Balaban J connectivity index is 2.47. The average Bonchev–Trinajstić information content (AvgIpc) is 3.24. The van der Waals surface area contributed by atoms with Gasteiger partial charge in [0.25, 0.3) is 0 Å². The van der Waals surface area contributed by atoms with Crippen LogP contribution in [0.1, 0.15) is 36.2 Å². The van der Waals surface area contributed by atoms with Crippen molar-refractivity contribution in [3.63, 3.8) is 0 Å². The Morgan fingerprint density at radius 2 is 2.00 bits per heavy atom. The molecule has 0 N–H and O–H groups in total. The molecule has 1 aromatic carbocycles. The molecule has 0 spiro atoms. The molecular formula is C22H23NO5S. The van der Waals surface area contributed by atoms with Gasteiger partial charge in [-0.05, 0) is 55.0 Å². The molecule has 29 heavy (non-hydrogen) atoms. The van der Waals surface area contributed by atoms with Crippen molar-refractivity contribution in [1.82, 2.24) is 0 Å². The largest absolute Gasteiger partial charge is 0.497 e. The summed E-state index contributed by atoms with van der Waals surface area (Å²) >= 11 is 1.34. The Kier molecular flexibility index (Phi) is 7.98. The van der Waals surface area contributed by atoms with Crippen LogP contribution < -0.4 is 9.64 Å². The fourth-order valence-electron chi connectivity index (χ4n) is 2.93. The van der Waals surface area contributed by atoms with Gasteiger partial charge in [0.05, 0.1) is 20.1 Å². The predicted molar refractivity (Wildman–Crippen MR) is 112 cm³/mol. The molecule has 1 unspecified atom stereocenters. The molecule has 152 valence electrons. The summed E-state index contributed by atoms with van der Waals surface area (Å²) in [6, 6.07) is 7.80. The minimum Gasteiger partial charge on any atom is -0.497 e. The molecule has 7 heteroatoms. The van der Waals surface area contributed by atoms with Crippen LogP contribution in [0.3, 0.4) is 0 Å². The summed E-state index contributed by atoms with van der Waals surface area (Å²) in [5.41, 5.74) is 1.24. The van der Waals surface area contributed by atoms with Gasteiger partial charge in [-0.1, -0.05) is 6.07 Å². The van der Waals surface area contributed by atoms with Gasteiger partial charge in [0.2, 0.25) is 0 Å². The van der Waals surface area contributed by atoms with Gasteiger partial charge >= 0.3 is 11.9 Å². The summed E-state index contributed by atoms with van der Waals surface area (Å²) in [6.07, 6.45) is 5.30. The number of anilines is 1. The number of terminal acetylenes is 1. The van der Waals surface area contributed by atoms with E-state index in [0.29, 0.717) is 16.3 Å². The van der Waals surface area contributed by atoms with Crippen molar-refractivity contribution in [2.75, 3.05) is 18.6 Å². The number of hydrogen-bond acceptors (Lipinski definition) is 6. The number of esters is 1. The monoisotopic (exact) mass is 413 g/mol. The van der Waals surface area contributed by atoms with Gasteiger partial charge in [-0.3, -0.25) is 19.3 Å². The van der Waals surface area contributed by atoms with E-state index in [4.69, 9.17) is 15.9 Å². The van der Waals surface area contributed by atoms with Crippen molar-refractivity contribution in [2.45, 2.75) is 32.7 Å². The number of amides is 1. The molecule has 6 nitrogen and oxygen atoms in total. The molecule has 1 aromatic heterocycles. The molecule has 2 aromatic rings. The molecule has 0 aliphatic heterocycles. The second-order valence-electron chi connectivity index (χ2n) is 6.16. The predicted octanol–water partition coefficient (Wildman–Crippen LogP) is 3.69. The Labute approximate surface area is 174 Å². The van der Waals surface area contributed by atoms with Crippen LogP contribution in [-0.4, -0.2) is 31.4 Å². The first-order chi connectivity index (χ1) is 13.9. The number of ether oxygens (including phenoxy) is 2. The number of rotatable bonds is 9. The molecule has 0 radical (unpaired) electrons. The first kappa shape index (κ1) is 22.2. The Morgan fingerprint density at radius 3 is 2.55 bits per heavy atom. The zero-order valence-electron chi connectivity index (χ0n) is 16.6. The van der Waals surface area contributed by atoms with Gasteiger partial charge in [0, 0.05) is 17.0 Å². The van der Waals surface area contributed by atoms with E-state index in [9.17, 15) is 14.4 Å². The van der Waals surface area contributed by atoms with Gasteiger partial charge in [0.15, 0.2) is 5.78 Å². The van der Waals surface area contributed by atoms with E-state index in [1.54, 1.807) is 44.4 Å². The molecule has 1 atom stereocenters. The van der Waals surface area contributed by atoms with Crippen LogP contribution in [0.15, 0.2) is 35.7 Å². The number of thiophene rings is 1. The fourth-order valence-corrected chi connectivity index (χ4v) is 3.77. The van der Waals surface area contributed by atoms with E-state index < -0.39 is 17.9 Å². The highest BCUT2D eigenvalue weighted by molar-refractivity contribution is 7.10. The maximum atomic E-state index is 13.1. The number of carbonyl (C=O) groups excluding carboxylic acids is 3. The molecule has 0 fully saturated rings. The topological polar surface area (TPSA) is 72.9 Å². The highest BCUT2D eigenvalue weighted by Crippen LogP contribution is 2.35. The van der Waals surface area contributed by atoms with Crippen LogP contribution in [-0.2, 0) is 19.1 Å². The van der Waals surface area contributed by atoms with Crippen molar-refractivity contribution in [1.29, 1.82) is 0 Å². The lowest BCUT2D eigenvalue weighted by Gasteiger charge is -2.30. The molecule has 0 aliphatic carbocycles. The number of nitrogens with zero attached hydrogens (tertiary/aromatic N) is 1. The molecule has 0 aliphatic rings. The smallest absolute Gasteiger partial charge is 0.306 e. The van der Waals surface area contributed by atoms with E-state index in [2.05, 4.69) is 5.92 Å². The Morgan fingerprint density at radius 1 is 1.24 bits per heavy atom. The van der Waals surface area contributed by atoms with Crippen LogP contribution >= 0.6 is 11.3 Å². The lowest BCUT2D eigenvalue weighted by molar-refractivity contribution is -0.144. The third kappa shape index (κ3) is 5.46. The lowest BCUT2D eigenvalue weighted by Crippen LogP contribution is -2.38. The van der Waals surface area contributed by atoms with Crippen LogP contribution in [0.5, 0.6) is 5.75 Å². The van der Waals surface area contributed by atoms with Crippen LogP contribution in [0.25, 0.3) is 0 Å². The second-order valence-corrected chi connectivity index (χ2v) is 7.14. The van der Waals surface area contributed by atoms with E-state index >= 15 is 0 Å². The molecule has 0 bridgehead atoms. The van der Waals surface area contributed by atoms with Crippen molar-refractivity contribution in [3.8, 4) is 18.1 Å². The number of Topliss-reactive ketones (excluding diaryl/α,β-unsaturated/α-hetero) is 1. The van der Waals surface area contributed by atoms with Gasteiger partial charge in [-0.15, -0.1) is 17.8 Å². The zero-order valence-corrected chi connectivity index (χ0v) is 17.5. The van der Waals surface area contributed by atoms with Gasteiger partial charge in [-0.25, -0.2) is 0 Å². The van der Waals surface area contributed by atoms with Crippen molar-refractivity contribution >= 4 is 34.7 Å². The molecule has 1 amide bonds. The van der Waals surface area contributed by atoms with Gasteiger partial charge in [-0.2, -0.15) is 0 Å². The van der Waals surface area contributed by atoms with E-state index in [1.165, 1.54) is 16.2 Å². The number of carbonyl (C=O) groups is 3. The summed E-state index contributed by atoms with van der Waals surface area (Å²) in [4.78, 5) is 39.5. The van der Waals surface area contributed by atoms with Crippen LogP contribution in [0, 0.1) is 19.3 Å². The third-order valence-electron chi connectivity index (χ3n) is 4.26. The maximum absolute atomic E-state index is 13.1. The first-order valence-corrected chi connectivity index (χ1v) is 9.97. The molecular weight excluding hydrogens is 390 g/mol. The minimum atomic E-state index is -0.930. The van der Waals surface area contributed by atoms with E-state index in [-0.39, 0.29) is 25.2 Å². The number of aryl methyl sites for hydroxylation is 1. The van der Waals surface area contributed by atoms with E-state index in [1.807, 2.05) is 12.3 Å². The fraction of sp³-hybridized carbons (Fsp3) is 0.318. The summed E-state index contributed by atoms with van der Waals surface area (Å²) in [5.74, 6) is 1.36. The summed E-state index contributed by atoms with van der Waals surface area (Å²) in [6.45, 7) is 3.76. The molecule has 2 rings (SSSR count). The zero-order chi connectivity index (χ0) is 21.4. The molecule has 0 saturated heterocycles. The highest BCUT2D eigenvalue weighted by atomic mass is 32.1. The summed E-state index contributed by atoms with van der Waals surface area (Å²) < 4.78 is 10.1. The van der Waals surface area contributed by atoms with Crippen LogP contribution in [0.2, 0.25) is 0 Å². The standard InChI is InChI=1S/C22H23NO5S/c1-5-20(25)23(17-10-9-16(27-4)14-15(17)3)22(19-8-7-13-29-19)18(24)11-12-21(26)28-6-2/h1,7-10,13-14,22H,6,11-12H2,2-4H3. The summed E-state index contributed by atoms with van der Waals surface area (Å²) in [7, 11) is 1.55. The first-order valence-electron chi connectivity index (χ1n) is 9.09. The minimum absolute atomic E-state index is 0.0613. The second kappa shape index (κ2) is 10.4. The number of methoxy groups -OCH3 is 1. The Bertz CT molecular complexity index is 914. The lowest BCUT2D eigenvalue weighted by atomic mass is 10.0. The normalized spacial score (nSPS) is 11.2. The Hall–Kier alpha value is -3.11. The quantitative estimate of drug-likeness (QED) is 0.463. The number of ketones is 1. The SMILES string of the molecule is C#CC(=O)N(c1ccc(OC)cc1C)C(C(=O)CCC(=O)OCC)c1cccs1. The van der Waals surface area contributed by atoms with Crippen molar-refractivity contribution in [2.24, 2.45) is 0 Å². The summed E-state index contributed by atoms with van der Waals surface area (Å²) in [5, 5.41) is 1.82. The van der Waals surface area contributed by atoms with Crippen LogP contribution in [0.4, 0.5) is 5.69 Å². The number of benzene rings is 1. The molecule has 1 heterocycles. The van der Waals surface area contributed by atoms with Gasteiger partial charge in [0.1, 0.15) is 11.8 Å². The molecule has 0 saturated carbocycles. The highest BCUT2D eigenvalue weighted by Gasteiger charge is 2.33. The number of hydrogen-bond donors (Lipinski definition) is 0. The third-order valence-corrected chi connectivity index (χ3v) is 5.19. The van der Waals surface area contributed by atoms with Crippen molar-refractivity contribution in [3.05, 3.63) is 46.2 Å². The maximum Gasteiger partial charge on any atom is 0.306 e. The van der Waals surface area contributed by atoms with Gasteiger partial charge < -0.3 is 9.47 Å². The van der Waals surface area contributed by atoms with E-state index in [0.717, 1.165) is 5.56 Å². The van der Waals surface area contributed by atoms with Crippen molar-refractivity contribution < 1.29 is 23.9 Å².